The van der Waals surface area contributed by atoms with Gasteiger partial charge in [-0.15, -0.1) is 11.6 Å². The minimum atomic E-state index is -0.796. The molecule has 0 saturated heterocycles. The number of amides is 2. The van der Waals surface area contributed by atoms with Crippen molar-refractivity contribution in [1.29, 1.82) is 0 Å². The van der Waals surface area contributed by atoms with Crippen molar-refractivity contribution in [3.05, 3.63) is 59.1 Å². The number of fused-ring (bicyclic) bond motifs is 1. The fraction of sp³-hybridized carbons (Fsp3) is 0.111. The van der Waals surface area contributed by atoms with Crippen LogP contribution >= 0.6 is 23.2 Å². The average Bonchev–Trinajstić information content (AvgIpc) is 2.97. The summed E-state index contributed by atoms with van der Waals surface area (Å²) in [5, 5.41) is 4.80. The SMILES string of the molecule is C[C@H](Cl)C(=O)Nc1c(C(=O)Nc2ccc(F)c(Cl)c2)oc2ccccc12. The zero-order valence-corrected chi connectivity index (χ0v) is 15.0. The van der Waals surface area contributed by atoms with Crippen LogP contribution < -0.4 is 10.6 Å². The maximum atomic E-state index is 13.3. The lowest BCUT2D eigenvalue weighted by molar-refractivity contribution is -0.115. The van der Waals surface area contributed by atoms with E-state index >= 15 is 0 Å². The normalized spacial score (nSPS) is 12.0. The summed E-state index contributed by atoms with van der Waals surface area (Å²) in [5.41, 5.74) is 0.918. The van der Waals surface area contributed by atoms with E-state index in [1.165, 1.54) is 19.1 Å². The fourth-order valence-corrected chi connectivity index (χ4v) is 2.55. The van der Waals surface area contributed by atoms with Crippen LogP contribution in [0.3, 0.4) is 0 Å². The van der Waals surface area contributed by atoms with Crippen LogP contribution in [-0.4, -0.2) is 17.2 Å². The summed E-state index contributed by atoms with van der Waals surface area (Å²) in [7, 11) is 0. The van der Waals surface area contributed by atoms with Crippen LogP contribution in [-0.2, 0) is 4.79 Å². The molecule has 134 valence electrons. The first-order valence-electron chi connectivity index (χ1n) is 7.59. The van der Waals surface area contributed by atoms with E-state index in [1.54, 1.807) is 24.3 Å². The van der Waals surface area contributed by atoms with Gasteiger partial charge >= 0.3 is 0 Å². The molecule has 1 atom stereocenters. The molecule has 0 bridgehead atoms. The standard InChI is InChI=1S/C18H13Cl2FN2O3/c1-9(19)17(24)23-15-11-4-2-3-5-14(11)26-16(15)18(25)22-10-6-7-13(21)12(20)8-10/h2-9H,1H3,(H,22,25)(H,23,24)/t9-/m0/s1. The molecule has 3 rings (SSSR count). The van der Waals surface area contributed by atoms with Crippen LogP contribution in [0.15, 0.2) is 46.9 Å². The molecular weight excluding hydrogens is 382 g/mol. The number of anilines is 2. The van der Waals surface area contributed by atoms with Crippen LogP contribution in [0.5, 0.6) is 0 Å². The molecule has 0 fully saturated rings. The van der Waals surface area contributed by atoms with Gasteiger partial charge in [0.1, 0.15) is 22.5 Å². The van der Waals surface area contributed by atoms with Crippen molar-refractivity contribution < 1.29 is 18.4 Å². The number of hydrogen-bond acceptors (Lipinski definition) is 3. The van der Waals surface area contributed by atoms with Crippen molar-refractivity contribution in [1.82, 2.24) is 0 Å². The highest BCUT2D eigenvalue weighted by Gasteiger charge is 2.23. The summed E-state index contributed by atoms with van der Waals surface area (Å²) >= 11 is 11.5. The van der Waals surface area contributed by atoms with Gasteiger partial charge in [-0.1, -0.05) is 23.7 Å². The molecule has 0 saturated carbocycles. The Morgan fingerprint density at radius 2 is 1.88 bits per heavy atom. The predicted molar refractivity (Wildman–Crippen MR) is 99.5 cm³/mol. The smallest absolute Gasteiger partial charge is 0.293 e. The van der Waals surface area contributed by atoms with Crippen molar-refractivity contribution in [2.24, 2.45) is 0 Å². The number of furan rings is 1. The fourth-order valence-electron chi connectivity index (χ4n) is 2.31. The number of nitrogens with one attached hydrogen (secondary N) is 2. The van der Waals surface area contributed by atoms with Crippen molar-refractivity contribution >= 4 is 57.4 Å². The minimum absolute atomic E-state index is 0.0997. The molecule has 5 nitrogen and oxygen atoms in total. The quantitative estimate of drug-likeness (QED) is 0.608. The van der Waals surface area contributed by atoms with Gasteiger partial charge in [0.15, 0.2) is 0 Å². The largest absolute Gasteiger partial charge is 0.449 e. The Morgan fingerprint density at radius 3 is 2.58 bits per heavy atom. The zero-order chi connectivity index (χ0) is 18.8. The first-order valence-corrected chi connectivity index (χ1v) is 8.41. The molecule has 8 heteroatoms. The minimum Gasteiger partial charge on any atom is -0.449 e. The lowest BCUT2D eigenvalue weighted by atomic mass is 10.2. The van der Waals surface area contributed by atoms with E-state index in [0.717, 1.165) is 6.07 Å². The summed E-state index contributed by atoms with van der Waals surface area (Å²) < 4.78 is 18.8. The molecule has 2 N–H and O–H groups in total. The van der Waals surface area contributed by atoms with E-state index in [4.69, 9.17) is 27.6 Å². The third kappa shape index (κ3) is 3.66. The molecule has 0 radical (unpaired) electrons. The maximum Gasteiger partial charge on any atom is 0.293 e. The van der Waals surface area contributed by atoms with Gasteiger partial charge in [0.25, 0.3) is 5.91 Å². The number of carbonyl (C=O) groups excluding carboxylic acids is 2. The third-order valence-corrected chi connectivity index (χ3v) is 4.08. The summed E-state index contributed by atoms with van der Waals surface area (Å²) in [6, 6.07) is 10.6. The van der Waals surface area contributed by atoms with Gasteiger partial charge in [-0.05, 0) is 37.3 Å². The van der Waals surface area contributed by atoms with Gasteiger partial charge < -0.3 is 15.1 Å². The topological polar surface area (TPSA) is 71.3 Å². The van der Waals surface area contributed by atoms with E-state index in [2.05, 4.69) is 10.6 Å². The van der Waals surface area contributed by atoms with E-state index in [9.17, 15) is 14.0 Å². The van der Waals surface area contributed by atoms with Crippen LogP contribution in [0.4, 0.5) is 15.8 Å². The van der Waals surface area contributed by atoms with Gasteiger partial charge in [-0.3, -0.25) is 9.59 Å². The molecule has 3 aromatic rings. The lowest BCUT2D eigenvalue weighted by Gasteiger charge is -2.08. The number of alkyl halides is 1. The molecule has 0 aliphatic heterocycles. The monoisotopic (exact) mass is 394 g/mol. The summed E-state index contributed by atoms with van der Waals surface area (Å²) in [4.78, 5) is 24.6. The Bertz CT molecular complexity index is 1000. The van der Waals surface area contributed by atoms with Crippen molar-refractivity contribution in [2.45, 2.75) is 12.3 Å². The molecule has 1 aromatic heterocycles. The summed E-state index contributed by atoms with van der Waals surface area (Å²) in [5.74, 6) is -1.80. The summed E-state index contributed by atoms with van der Waals surface area (Å²) in [6.45, 7) is 1.51. The van der Waals surface area contributed by atoms with Crippen molar-refractivity contribution in [3.63, 3.8) is 0 Å². The maximum absolute atomic E-state index is 13.3. The van der Waals surface area contributed by atoms with Crippen LogP contribution in [0.1, 0.15) is 17.5 Å². The molecule has 0 aliphatic carbocycles. The van der Waals surface area contributed by atoms with Crippen LogP contribution in [0.2, 0.25) is 5.02 Å². The second-order valence-electron chi connectivity index (χ2n) is 5.49. The second-order valence-corrected chi connectivity index (χ2v) is 6.55. The molecule has 0 unspecified atom stereocenters. The molecule has 0 spiro atoms. The number of carbonyl (C=O) groups is 2. The summed E-state index contributed by atoms with van der Waals surface area (Å²) in [6.07, 6.45) is 0. The number of rotatable bonds is 4. The average molecular weight is 395 g/mol. The highest BCUT2D eigenvalue weighted by molar-refractivity contribution is 6.33. The van der Waals surface area contributed by atoms with E-state index in [-0.39, 0.29) is 22.2 Å². The van der Waals surface area contributed by atoms with Gasteiger partial charge in [0, 0.05) is 11.1 Å². The predicted octanol–water partition coefficient (Wildman–Crippen LogP) is 5.04. The highest BCUT2D eigenvalue weighted by atomic mass is 35.5. The van der Waals surface area contributed by atoms with Crippen LogP contribution in [0.25, 0.3) is 11.0 Å². The van der Waals surface area contributed by atoms with Crippen LogP contribution in [0, 0.1) is 5.82 Å². The molecular formula is C18H13Cl2FN2O3. The van der Waals surface area contributed by atoms with Crippen molar-refractivity contribution in [3.8, 4) is 0 Å². The van der Waals surface area contributed by atoms with Gasteiger partial charge in [-0.25, -0.2) is 4.39 Å². The van der Waals surface area contributed by atoms with Crippen molar-refractivity contribution in [2.75, 3.05) is 10.6 Å². The van der Waals surface area contributed by atoms with Gasteiger partial charge in [0.05, 0.1) is 5.02 Å². The Kier molecular flexibility index (Phi) is 5.15. The zero-order valence-electron chi connectivity index (χ0n) is 13.5. The molecule has 2 amide bonds. The Morgan fingerprint density at radius 1 is 1.15 bits per heavy atom. The van der Waals surface area contributed by atoms with Gasteiger partial charge in [0.2, 0.25) is 11.7 Å². The third-order valence-electron chi connectivity index (χ3n) is 3.59. The Hall–Kier alpha value is -2.57. The van der Waals surface area contributed by atoms with Gasteiger partial charge in [-0.2, -0.15) is 0 Å². The second kappa shape index (κ2) is 7.35. The first kappa shape index (κ1) is 18.2. The number of para-hydroxylation sites is 1. The van der Waals surface area contributed by atoms with E-state index in [0.29, 0.717) is 11.0 Å². The highest BCUT2D eigenvalue weighted by Crippen LogP contribution is 2.32. The first-order chi connectivity index (χ1) is 12.4. The van der Waals surface area contributed by atoms with E-state index in [1.807, 2.05) is 0 Å². The number of halogens is 3. The lowest BCUT2D eigenvalue weighted by Crippen LogP contribution is -2.22. The number of benzene rings is 2. The molecule has 26 heavy (non-hydrogen) atoms. The molecule has 1 heterocycles. The Labute approximate surface area is 158 Å². The Balaban J connectivity index is 1.98. The molecule has 0 aliphatic rings. The molecule has 2 aromatic carbocycles. The number of hydrogen-bond donors (Lipinski definition) is 2. The van der Waals surface area contributed by atoms with E-state index < -0.39 is 23.0 Å².